The zero-order chi connectivity index (χ0) is 16.4. The molecule has 0 fully saturated rings. The Labute approximate surface area is 134 Å². The molecule has 1 heterocycles. The minimum Gasteiger partial charge on any atom is -0.330 e. The Kier molecular flexibility index (Phi) is 4.10. The van der Waals surface area contributed by atoms with Gasteiger partial charge in [-0.25, -0.2) is 9.37 Å². The summed E-state index contributed by atoms with van der Waals surface area (Å²) in [7, 11) is 0. The maximum Gasteiger partial charge on any atom is 0.226 e. The van der Waals surface area contributed by atoms with E-state index in [0.717, 1.165) is 11.0 Å². The number of para-hydroxylation sites is 1. The second kappa shape index (κ2) is 6.20. The monoisotopic (exact) mass is 311 g/mol. The van der Waals surface area contributed by atoms with Gasteiger partial charge < -0.3 is 9.88 Å². The molecule has 0 saturated heterocycles. The lowest BCUT2D eigenvalue weighted by molar-refractivity contribution is -0.116. The SMILES string of the molecule is Cc1cc2ncn(CCC(=O)Nc3ccccc3F)c2cc1C. The van der Waals surface area contributed by atoms with Crippen molar-refractivity contribution in [1.82, 2.24) is 9.55 Å². The molecule has 0 aliphatic heterocycles. The van der Waals surface area contributed by atoms with Crippen LogP contribution in [0.1, 0.15) is 17.5 Å². The molecule has 0 spiro atoms. The fourth-order valence-corrected chi connectivity index (χ4v) is 2.49. The van der Waals surface area contributed by atoms with Gasteiger partial charge in [-0.2, -0.15) is 0 Å². The van der Waals surface area contributed by atoms with Crippen LogP contribution < -0.4 is 5.32 Å². The highest BCUT2D eigenvalue weighted by Crippen LogP contribution is 2.19. The summed E-state index contributed by atoms with van der Waals surface area (Å²) < 4.78 is 15.5. The average molecular weight is 311 g/mol. The van der Waals surface area contributed by atoms with Gasteiger partial charge in [0.25, 0.3) is 0 Å². The number of nitrogens with one attached hydrogen (secondary N) is 1. The van der Waals surface area contributed by atoms with Crippen molar-refractivity contribution < 1.29 is 9.18 Å². The Morgan fingerprint density at radius 2 is 1.96 bits per heavy atom. The number of benzene rings is 2. The molecule has 3 rings (SSSR count). The molecule has 1 amide bonds. The summed E-state index contributed by atoms with van der Waals surface area (Å²) in [5.74, 6) is -0.652. The lowest BCUT2D eigenvalue weighted by Crippen LogP contribution is -2.15. The molecule has 0 aliphatic carbocycles. The predicted molar refractivity (Wildman–Crippen MR) is 88.9 cm³/mol. The zero-order valence-electron chi connectivity index (χ0n) is 13.1. The third-order valence-electron chi connectivity index (χ3n) is 3.96. The van der Waals surface area contributed by atoms with Gasteiger partial charge in [0.1, 0.15) is 5.82 Å². The van der Waals surface area contributed by atoms with Gasteiger partial charge in [0.15, 0.2) is 0 Å². The molecule has 0 aliphatic rings. The first kappa shape index (κ1) is 15.2. The molecule has 5 heteroatoms. The molecule has 1 aromatic heterocycles. The molecule has 0 saturated carbocycles. The normalized spacial score (nSPS) is 10.9. The van der Waals surface area contributed by atoms with Gasteiger partial charge >= 0.3 is 0 Å². The van der Waals surface area contributed by atoms with Crippen LogP contribution in [-0.4, -0.2) is 15.5 Å². The number of carbonyl (C=O) groups is 1. The topological polar surface area (TPSA) is 46.9 Å². The third kappa shape index (κ3) is 3.23. The smallest absolute Gasteiger partial charge is 0.226 e. The van der Waals surface area contributed by atoms with Crippen molar-refractivity contribution in [2.45, 2.75) is 26.8 Å². The molecule has 23 heavy (non-hydrogen) atoms. The van der Waals surface area contributed by atoms with E-state index in [0.29, 0.717) is 6.54 Å². The van der Waals surface area contributed by atoms with Crippen LogP contribution in [0.5, 0.6) is 0 Å². The van der Waals surface area contributed by atoms with E-state index in [4.69, 9.17) is 0 Å². The standard InChI is InChI=1S/C18H18FN3O/c1-12-9-16-17(10-13(12)2)22(11-20-16)8-7-18(23)21-15-6-4-3-5-14(15)19/h3-6,9-11H,7-8H2,1-2H3,(H,21,23). The molecular weight excluding hydrogens is 293 g/mol. The summed E-state index contributed by atoms with van der Waals surface area (Å²) >= 11 is 0. The lowest BCUT2D eigenvalue weighted by Gasteiger charge is -2.08. The molecule has 0 radical (unpaired) electrons. The van der Waals surface area contributed by atoms with Gasteiger partial charge in [0.05, 0.1) is 23.0 Å². The largest absolute Gasteiger partial charge is 0.330 e. The maximum atomic E-state index is 13.5. The first-order valence-electron chi connectivity index (χ1n) is 7.51. The molecule has 1 N–H and O–H groups in total. The van der Waals surface area contributed by atoms with Crippen molar-refractivity contribution in [3.63, 3.8) is 0 Å². The van der Waals surface area contributed by atoms with Gasteiger partial charge in [-0.1, -0.05) is 12.1 Å². The Morgan fingerprint density at radius 1 is 1.22 bits per heavy atom. The third-order valence-corrected chi connectivity index (χ3v) is 3.96. The van der Waals surface area contributed by atoms with Crippen LogP contribution in [0.25, 0.3) is 11.0 Å². The quantitative estimate of drug-likeness (QED) is 0.796. The summed E-state index contributed by atoms with van der Waals surface area (Å²) in [6, 6.07) is 10.3. The minimum absolute atomic E-state index is 0.208. The minimum atomic E-state index is -0.431. The van der Waals surface area contributed by atoms with Crippen LogP contribution in [0.3, 0.4) is 0 Å². The molecule has 2 aromatic carbocycles. The predicted octanol–water partition coefficient (Wildman–Crippen LogP) is 3.82. The van der Waals surface area contributed by atoms with Gasteiger partial charge in [-0.15, -0.1) is 0 Å². The zero-order valence-corrected chi connectivity index (χ0v) is 13.1. The van der Waals surface area contributed by atoms with E-state index in [-0.39, 0.29) is 18.0 Å². The maximum absolute atomic E-state index is 13.5. The summed E-state index contributed by atoms with van der Waals surface area (Å²) in [5, 5.41) is 2.59. The van der Waals surface area contributed by atoms with Crippen molar-refractivity contribution in [2.24, 2.45) is 0 Å². The van der Waals surface area contributed by atoms with E-state index < -0.39 is 5.82 Å². The number of amides is 1. The summed E-state index contributed by atoms with van der Waals surface area (Å²) in [6.45, 7) is 4.60. The second-order valence-electron chi connectivity index (χ2n) is 5.64. The fourth-order valence-electron chi connectivity index (χ4n) is 2.49. The van der Waals surface area contributed by atoms with Crippen LogP contribution >= 0.6 is 0 Å². The van der Waals surface area contributed by atoms with Crippen molar-refractivity contribution in [3.05, 3.63) is 59.7 Å². The number of nitrogens with zero attached hydrogens (tertiary/aromatic N) is 2. The lowest BCUT2D eigenvalue weighted by atomic mass is 10.1. The number of hydrogen-bond donors (Lipinski definition) is 1. The van der Waals surface area contributed by atoms with E-state index in [9.17, 15) is 9.18 Å². The van der Waals surface area contributed by atoms with Crippen LogP contribution in [0, 0.1) is 19.7 Å². The van der Waals surface area contributed by atoms with Gasteiger partial charge in [0, 0.05) is 13.0 Å². The molecule has 0 unspecified atom stereocenters. The number of hydrogen-bond acceptors (Lipinski definition) is 2. The van der Waals surface area contributed by atoms with Crippen molar-refractivity contribution in [1.29, 1.82) is 0 Å². The van der Waals surface area contributed by atoms with Gasteiger partial charge in [0.2, 0.25) is 5.91 Å². The Bertz CT molecular complexity index is 870. The van der Waals surface area contributed by atoms with Crippen molar-refractivity contribution in [2.75, 3.05) is 5.32 Å². The first-order valence-corrected chi connectivity index (χ1v) is 7.51. The summed E-state index contributed by atoms with van der Waals surface area (Å²) in [5.41, 5.74) is 4.52. The number of imidazole rings is 1. The van der Waals surface area contributed by atoms with E-state index in [2.05, 4.69) is 30.2 Å². The van der Waals surface area contributed by atoms with Crippen LogP contribution in [-0.2, 0) is 11.3 Å². The number of halogens is 1. The number of aromatic nitrogens is 2. The van der Waals surface area contributed by atoms with E-state index in [1.54, 1.807) is 24.5 Å². The van der Waals surface area contributed by atoms with E-state index >= 15 is 0 Å². The molecule has 4 nitrogen and oxygen atoms in total. The molecular formula is C18H18FN3O. The number of fused-ring (bicyclic) bond motifs is 1. The Balaban J connectivity index is 1.70. The fraction of sp³-hybridized carbons (Fsp3) is 0.222. The average Bonchev–Trinajstić information content (AvgIpc) is 2.90. The van der Waals surface area contributed by atoms with E-state index in [1.807, 2.05) is 10.6 Å². The summed E-state index contributed by atoms with van der Waals surface area (Å²) in [4.78, 5) is 16.4. The highest BCUT2D eigenvalue weighted by Gasteiger charge is 2.09. The second-order valence-corrected chi connectivity index (χ2v) is 5.64. The highest BCUT2D eigenvalue weighted by molar-refractivity contribution is 5.90. The molecule has 118 valence electrons. The number of anilines is 1. The van der Waals surface area contributed by atoms with Gasteiger partial charge in [-0.3, -0.25) is 4.79 Å². The highest BCUT2D eigenvalue weighted by atomic mass is 19.1. The Morgan fingerprint density at radius 3 is 2.74 bits per heavy atom. The molecule has 0 bridgehead atoms. The number of rotatable bonds is 4. The summed E-state index contributed by atoms with van der Waals surface area (Å²) in [6.07, 6.45) is 1.99. The van der Waals surface area contributed by atoms with Crippen LogP contribution in [0.4, 0.5) is 10.1 Å². The first-order chi connectivity index (χ1) is 11.0. The molecule has 0 atom stereocenters. The Hall–Kier alpha value is -2.69. The van der Waals surface area contributed by atoms with E-state index in [1.165, 1.54) is 17.2 Å². The number of carbonyl (C=O) groups excluding carboxylic acids is 1. The van der Waals surface area contributed by atoms with Crippen molar-refractivity contribution >= 4 is 22.6 Å². The van der Waals surface area contributed by atoms with Crippen molar-refractivity contribution in [3.8, 4) is 0 Å². The van der Waals surface area contributed by atoms with Crippen LogP contribution in [0.2, 0.25) is 0 Å². The van der Waals surface area contributed by atoms with Gasteiger partial charge in [-0.05, 0) is 49.2 Å². The van der Waals surface area contributed by atoms with Crippen LogP contribution in [0.15, 0.2) is 42.7 Å². The number of aryl methyl sites for hydroxylation is 3. The molecule has 3 aromatic rings.